The molecule has 0 saturated heterocycles. The number of nitrogens with zero attached hydrogens (tertiary/aromatic N) is 1. The molecule has 1 aliphatic heterocycles. The van der Waals surface area contributed by atoms with E-state index in [1.165, 1.54) is 17.0 Å². The first-order chi connectivity index (χ1) is 12.0. The van der Waals surface area contributed by atoms with E-state index in [4.69, 9.17) is 14.9 Å². The second-order valence-corrected chi connectivity index (χ2v) is 5.60. The van der Waals surface area contributed by atoms with Crippen LogP contribution in [0.4, 0.5) is 5.69 Å². The molecular weight excluding hydrogens is 326 g/mol. The fraction of sp³-hybridized carbons (Fsp3) is 0.167. The normalized spacial score (nSPS) is 16.1. The third kappa shape index (κ3) is 3.45. The van der Waals surface area contributed by atoms with Gasteiger partial charge in [-0.3, -0.25) is 9.59 Å². The zero-order valence-electron chi connectivity index (χ0n) is 13.1. The number of hydrogen-bond acceptors (Lipinski definition) is 4. The summed E-state index contributed by atoms with van der Waals surface area (Å²) < 4.78 is 5.52. The SMILES string of the molecule is O=C(O)CC1Oc2ccccc2N(Cc2cccc(C(=O)O)c2)C1=O. The monoisotopic (exact) mass is 341 g/mol. The Morgan fingerprint density at radius 2 is 1.84 bits per heavy atom. The Morgan fingerprint density at radius 1 is 1.08 bits per heavy atom. The summed E-state index contributed by atoms with van der Waals surface area (Å²) in [5.74, 6) is -2.24. The van der Waals surface area contributed by atoms with Crippen LogP contribution in [-0.4, -0.2) is 34.2 Å². The highest BCUT2D eigenvalue weighted by Crippen LogP contribution is 2.35. The molecule has 1 aliphatic rings. The van der Waals surface area contributed by atoms with Crippen molar-refractivity contribution >= 4 is 23.5 Å². The summed E-state index contributed by atoms with van der Waals surface area (Å²) in [6.45, 7) is 0.121. The number of carbonyl (C=O) groups is 3. The van der Waals surface area contributed by atoms with Crippen molar-refractivity contribution in [2.45, 2.75) is 19.1 Å². The lowest BCUT2D eigenvalue weighted by atomic mass is 10.1. The van der Waals surface area contributed by atoms with E-state index in [-0.39, 0.29) is 12.1 Å². The van der Waals surface area contributed by atoms with Gasteiger partial charge in [0.05, 0.1) is 24.2 Å². The van der Waals surface area contributed by atoms with E-state index in [9.17, 15) is 14.4 Å². The van der Waals surface area contributed by atoms with E-state index in [0.717, 1.165) is 0 Å². The quantitative estimate of drug-likeness (QED) is 0.863. The number of aliphatic carboxylic acids is 1. The molecule has 0 radical (unpaired) electrons. The largest absolute Gasteiger partial charge is 0.481 e. The lowest BCUT2D eigenvalue weighted by Gasteiger charge is -2.34. The van der Waals surface area contributed by atoms with E-state index in [1.54, 1.807) is 36.4 Å². The first kappa shape index (κ1) is 16.5. The molecule has 1 unspecified atom stereocenters. The zero-order valence-corrected chi connectivity index (χ0v) is 13.1. The average Bonchev–Trinajstić information content (AvgIpc) is 2.58. The summed E-state index contributed by atoms with van der Waals surface area (Å²) >= 11 is 0. The summed E-state index contributed by atoms with van der Waals surface area (Å²) in [4.78, 5) is 36.2. The van der Waals surface area contributed by atoms with Gasteiger partial charge >= 0.3 is 11.9 Å². The number of aromatic carboxylic acids is 1. The summed E-state index contributed by atoms with van der Waals surface area (Å²) in [5.41, 5.74) is 1.27. The molecular formula is C18H15NO6. The first-order valence-electron chi connectivity index (χ1n) is 7.57. The molecule has 2 aromatic rings. The number of carboxylic acids is 2. The van der Waals surface area contributed by atoms with Gasteiger partial charge in [0.15, 0.2) is 6.10 Å². The van der Waals surface area contributed by atoms with Crippen LogP contribution in [-0.2, 0) is 16.1 Å². The Bertz CT molecular complexity index is 847. The number of anilines is 1. The van der Waals surface area contributed by atoms with Crippen molar-refractivity contribution in [1.82, 2.24) is 0 Å². The lowest BCUT2D eigenvalue weighted by Crippen LogP contribution is -2.46. The molecule has 0 aliphatic carbocycles. The fourth-order valence-electron chi connectivity index (χ4n) is 2.71. The number of benzene rings is 2. The lowest BCUT2D eigenvalue weighted by molar-refractivity contribution is -0.142. The number of amides is 1. The predicted octanol–water partition coefficient (Wildman–Crippen LogP) is 2.15. The smallest absolute Gasteiger partial charge is 0.335 e. The molecule has 7 heteroatoms. The van der Waals surface area contributed by atoms with Gasteiger partial charge in [0.25, 0.3) is 5.91 Å². The van der Waals surface area contributed by atoms with Crippen molar-refractivity contribution in [3.05, 3.63) is 59.7 Å². The van der Waals surface area contributed by atoms with Gasteiger partial charge < -0.3 is 19.8 Å². The zero-order chi connectivity index (χ0) is 18.0. The Labute approximate surface area is 143 Å². The number of ether oxygens (including phenoxy) is 1. The molecule has 25 heavy (non-hydrogen) atoms. The molecule has 0 spiro atoms. The van der Waals surface area contributed by atoms with Gasteiger partial charge in [-0.15, -0.1) is 0 Å². The number of carboxylic acid groups (broad SMARTS) is 2. The Morgan fingerprint density at radius 3 is 2.56 bits per heavy atom. The van der Waals surface area contributed by atoms with Crippen LogP contribution in [0.5, 0.6) is 5.75 Å². The van der Waals surface area contributed by atoms with Gasteiger partial charge in [0.2, 0.25) is 0 Å². The molecule has 128 valence electrons. The minimum absolute atomic E-state index is 0.119. The Kier molecular flexibility index (Phi) is 4.38. The molecule has 0 bridgehead atoms. The van der Waals surface area contributed by atoms with Crippen LogP contribution >= 0.6 is 0 Å². The van der Waals surface area contributed by atoms with Crippen LogP contribution in [0.1, 0.15) is 22.3 Å². The van der Waals surface area contributed by atoms with Gasteiger partial charge in [-0.2, -0.15) is 0 Å². The van der Waals surface area contributed by atoms with E-state index in [0.29, 0.717) is 17.0 Å². The number of carbonyl (C=O) groups excluding carboxylic acids is 1. The van der Waals surface area contributed by atoms with Crippen LogP contribution < -0.4 is 9.64 Å². The van der Waals surface area contributed by atoms with Crippen LogP contribution in [0, 0.1) is 0 Å². The van der Waals surface area contributed by atoms with Gasteiger partial charge in [-0.05, 0) is 29.8 Å². The number of fused-ring (bicyclic) bond motifs is 1. The van der Waals surface area contributed by atoms with Crippen molar-refractivity contribution in [1.29, 1.82) is 0 Å². The molecule has 1 heterocycles. The average molecular weight is 341 g/mol. The third-order valence-electron chi connectivity index (χ3n) is 3.84. The Balaban J connectivity index is 1.95. The third-order valence-corrected chi connectivity index (χ3v) is 3.84. The molecule has 1 atom stereocenters. The minimum Gasteiger partial charge on any atom is -0.481 e. The van der Waals surface area contributed by atoms with Crippen LogP contribution in [0.2, 0.25) is 0 Å². The van der Waals surface area contributed by atoms with Crippen molar-refractivity contribution in [2.75, 3.05) is 4.90 Å². The van der Waals surface area contributed by atoms with Crippen LogP contribution in [0.25, 0.3) is 0 Å². The topological polar surface area (TPSA) is 104 Å². The highest BCUT2D eigenvalue weighted by molar-refractivity contribution is 6.01. The van der Waals surface area contributed by atoms with Crippen LogP contribution in [0.15, 0.2) is 48.5 Å². The maximum absolute atomic E-state index is 12.7. The fourth-order valence-corrected chi connectivity index (χ4v) is 2.71. The van der Waals surface area contributed by atoms with E-state index in [1.807, 2.05) is 0 Å². The summed E-state index contributed by atoms with van der Waals surface area (Å²) in [5, 5.41) is 18.1. The van der Waals surface area contributed by atoms with Crippen molar-refractivity contribution in [2.24, 2.45) is 0 Å². The molecule has 3 rings (SSSR count). The van der Waals surface area contributed by atoms with E-state index >= 15 is 0 Å². The maximum atomic E-state index is 12.7. The number of rotatable bonds is 5. The minimum atomic E-state index is -1.13. The molecule has 0 aromatic heterocycles. The molecule has 2 N–H and O–H groups in total. The van der Waals surface area contributed by atoms with E-state index < -0.39 is 30.4 Å². The van der Waals surface area contributed by atoms with Gasteiger partial charge in [-0.25, -0.2) is 4.79 Å². The molecule has 0 saturated carbocycles. The van der Waals surface area contributed by atoms with Crippen LogP contribution in [0.3, 0.4) is 0 Å². The van der Waals surface area contributed by atoms with Crippen molar-refractivity contribution in [3.63, 3.8) is 0 Å². The van der Waals surface area contributed by atoms with Gasteiger partial charge in [-0.1, -0.05) is 24.3 Å². The highest BCUT2D eigenvalue weighted by atomic mass is 16.5. The van der Waals surface area contributed by atoms with Gasteiger partial charge in [0.1, 0.15) is 5.75 Å². The second-order valence-electron chi connectivity index (χ2n) is 5.60. The second kappa shape index (κ2) is 6.64. The first-order valence-corrected chi connectivity index (χ1v) is 7.57. The molecule has 2 aromatic carbocycles. The molecule has 1 amide bonds. The predicted molar refractivity (Wildman–Crippen MR) is 87.7 cm³/mol. The van der Waals surface area contributed by atoms with Crippen molar-refractivity contribution < 1.29 is 29.3 Å². The van der Waals surface area contributed by atoms with E-state index in [2.05, 4.69) is 0 Å². The van der Waals surface area contributed by atoms with Crippen molar-refractivity contribution in [3.8, 4) is 5.75 Å². The summed E-state index contributed by atoms with van der Waals surface area (Å²) in [7, 11) is 0. The number of para-hydroxylation sites is 2. The summed E-state index contributed by atoms with van der Waals surface area (Å²) in [6.07, 6.45) is -1.56. The Hall–Kier alpha value is -3.35. The number of hydrogen-bond donors (Lipinski definition) is 2. The highest BCUT2D eigenvalue weighted by Gasteiger charge is 2.35. The molecule has 0 fully saturated rings. The molecule has 7 nitrogen and oxygen atoms in total. The van der Waals surface area contributed by atoms with Gasteiger partial charge in [0, 0.05) is 0 Å². The maximum Gasteiger partial charge on any atom is 0.335 e. The standard InChI is InChI=1S/C18H15NO6/c20-16(21)9-15-17(22)19(13-6-1-2-7-14(13)25-15)10-11-4-3-5-12(8-11)18(23)24/h1-8,15H,9-10H2,(H,20,21)(H,23,24). The summed E-state index contributed by atoms with van der Waals surface area (Å²) in [6, 6.07) is 13.1.